The number of halogens is 2. The van der Waals surface area contributed by atoms with E-state index in [1.54, 1.807) is 12.1 Å². The van der Waals surface area contributed by atoms with E-state index in [-0.39, 0.29) is 23.0 Å². The molecule has 1 fully saturated rings. The van der Waals surface area contributed by atoms with E-state index in [2.05, 4.69) is 15.9 Å². The molecule has 4 nitrogen and oxygen atoms in total. The Hall–Kier alpha value is -1.14. The molecule has 1 aromatic rings. The molecule has 1 aromatic carbocycles. The number of benzene rings is 1. The molecule has 4 N–H and O–H groups in total. The predicted octanol–water partition coefficient (Wildman–Crippen LogP) is 2.61. The SMILES string of the molecule is N=C(N)c1ccc(N(CCO)C2CCCC2)c(F)c1Br. The van der Waals surface area contributed by atoms with Crippen LogP contribution in [-0.2, 0) is 0 Å². The van der Waals surface area contributed by atoms with Gasteiger partial charge < -0.3 is 15.7 Å². The van der Waals surface area contributed by atoms with Gasteiger partial charge in [-0.25, -0.2) is 4.39 Å². The summed E-state index contributed by atoms with van der Waals surface area (Å²) >= 11 is 3.17. The van der Waals surface area contributed by atoms with Crippen LogP contribution in [-0.4, -0.2) is 30.1 Å². The zero-order valence-electron chi connectivity index (χ0n) is 11.2. The summed E-state index contributed by atoms with van der Waals surface area (Å²) in [6.07, 6.45) is 4.32. The lowest BCUT2D eigenvalue weighted by molar-refractivity contribution is 0.296. The van der Waals surface area contributed by atoms with Crippen molar-refractivity contribution in [3.8, 4) is 0 Å². The highest BCUT2D eigenvalue weighted by atomic mass is 79.9. The van der Waals surface area contributed by atoms with Crippen LogP contribution in [0.4, 0.5) is 10.1 Å². The predicted molar refractivity (Wildman–Crippen MR) is 81.8 cm³/mol. The first-order chi connectivity index (χ1) is 9.56. The minimum absolute atomic E-state index is 0.0119. The molecule has 1 aliphatic carbocycles. The molecule has 0 bridgehead atoms. The number of amidine groups is 1. The smallest absolute Gasteiger partial charge is 0.161 e. The molecule has 0 unspecified atom stereocenters. The van der Waals surface area contributed by atoms with Crippen molar-refractivity contribution in [2.45, 2.75) is 31.7 Å². The number of anilines is 1. The lowest BCUT2D eigenvalue weighted by atomic mass is 10.1. The van der Waals surface area contributed by atoms with Gasteiger partial charge in [-0.3, -0.25) is 5.41 Å². The molecule has 0 aliphatic heterocycles. The van der Waals surface area contributed by atoms with Gasteiger partial charge in [0.2, 0.25) is 0 Å². The summed E-state index contributed by atoms with van der Waals surface area (Å²) < 4.78 is 14.7. The second-order valence-corrected chi connectivity index (χ2v) is 5.82. The molecule has 0 spiro atoms. The number of nitrogens with zero attached hydrogens (tertiary/aromatic N) is 1. The Kier molecular flexibility index (Phi) is 4.99. The topological polar surface area (TPSA) is 73.3 Å². The third-order valence-electron chi connectivity index (χ3n) is 3.77. The number of hydrogen-bond donors (Lipinski definition) is 3. The van der Waals surface area contributed by atoms with E-state index in [9.17, 15) is 9.50 Å². The van der Waals surface area contributed by atoms with Gasteiger partial charge >= 0.3 is 0 Å². The molecule has 0 heterocycles. The highest BCUT2D eigenvalue weighted by Crippen LogP contribution is 2.34. The highest BCUT2D eigenvalue weighted by molar-refractivity contribution is 9.10. The monoisotopic (exact) mass is 343 g/mol. The molecule has 0 saturated heterocycles. The molecule has 0 radical (unpaired) electrons. The van der Waals surface area contributed by atoms with Crippen LogP contribution in [0.3, 0.4) is 0 Å². The van der Waals surface area contributed by atoms with E-state index in [4.69, 9.17) is 11.1 Å². The maximum absolute atomic E-state index is 14.5. The summed E-state index contributed by atoms with van der Waals surface area (Å²) in [6.45, 7) is 0.398. The van der Waals surface area contributed by atoms with Crippen LogP contribution in [0.2, 0.25) is 0 Å². The van der Waals surface area contributed by atoms with E-state index < -0.39 is 5.82 Å². The molecule has 0 aromatic heterocycles. The first-order valence-corrected chi connectivity index (χ1v) is 7.55. The van der Waals surface area contributed by atoms with Gasteiger partial charge in [0.15, 0.2) is 5.82 Å². The van der Waals surface area contributed by atoms with Gasteiger partial charge in [0.1, 0.15) is 5.84 Å². The number of nitrogen functional groups attached to an aromatic ring is 1. The summed E-state index contributed by atoms with van der Waals surface area (Å²) in [7, 11) is 0. The van der Waals surface area contributed by atoms with E-state index in [0.29, 0.717) is 17.8 Å². The molecule has 0 atom stereocenters. The van der Waals surface area contributed by atoms with Crippen molar-refractivity contribution in [2.75, 3.05) is 18.1 Å². The minimum Gasteiger partial charge on any atom is -0.395 e. The lowest BCUT2D eigenvalue weighted by Gasteiger charge is -2.31. The van der Waals surface area contributed by atoms with Crippen molar-refractivity contribution in [3.05, 3.63) is 28.0 Å². The number of nitrogens with two attached hydrogens (primary N) is 1. The Morgan fingerprint density at radius 3 is 2.65 bits per heavy atom. The Morgan fingerprint density at radius 1 is 1.45 bits per heavy atom. The highest BCUT2D eigenvalue weighted by Gasteiger charge is 2.26. The second-order valence-electron chi connectivity index (χ2n) is 5.03. The first kappa shape index (κ1) is 15.3. The molecular formula is C14H19BrFN3O. The molecule has 6 heteroatoms. The Labute approximate surface area is 126 Å². The van der Waals surface area contributed by atoms with Gasteiger partial charge in [0.05, 0.1) is 16.8 Å². The normalized spacial score (nSPS) is 15.6. The third kappa shape index (κ3) is 2.96. The van der Waals surface area contributed by atoms with Crippen LogP contribution in [0.25, 0.3) is 0 Å². The van der Waals surface area contributed by atoms with Crippen molar-refractivity contribution in [3.63, 3.8) is 0 Å². The van der Waals surface area contributed by atoms with Crippen LogP contribution in [0, 0.1) is 11.2 Å². The van der Waals surface area contributed by atoms with Crippen LogP contribution in [0.5, 0.6) is 0 Å². The van der Waals surface area contributed by atoms with Gasteiger partial charge in [0, 0.05) is 18.2 Å². The fourth-order valence-corrected chi connectivity index (χ4v) is 3.34. The molecular weight excluding hydrogens is 325 g/mol. The number of rotatable bonds is 5. The van der Waals surface area contributed by atoms with E-state index in [0.717, 1.165) is 25.7 Å². The molecule has 1 aliphatic rings. The average molecular weight is 344 g/mol. The number of nitrogens with one attached hydrogen (secondary N) is 1. The van der Waals surface area contributed by atoms with Crippen molar-refractivity contribution >= 4 is 27.5 Å². The zero-order valence-corrected chi connectivity index (χ0v) is 12.8. The number of hydrogen-bond acceptors (Lipinski definition) is 3. The zero-order chi connectivity index (χ0) is 14.7. The molecule has 110 valence electrons. The second kappa shape index (κ2) is 6.54. The third-order valence-corrected chi connectivity index (χ3v) is 4.54. The fraction of sp³-hybridized carbons (Fsp3) is 0.500. The summed E-state index contributed by atoms with van der Waals surface area (Å²) in [5.41, 5.74) is 6.23. The van der Waals surface area contributed by atoms with Crippen LogP contribution in [0.15, 0.2) is 16.6 Å². The van der Waals surface area contributed by atoms with Crippen molar-refractivity contribution in [1.29, 1.82) is 5.41 Å². The maximum Gasteiger partial charge on any atom is 0.161 e. The average Bonchev–Trinajstić information content (AvgIpc) is 2.93. The number of aliphatic hydroxyl groups is 1. The summed E-state index contributed by atoms with van der Waals surface area (Å²) in [6, 6.07) is 3.56. The largest absolute Gasteiger partial charge is 0.395 e. The summed E-state index contributed by atoms with van der Waals surface area (Å²) in [5, 5.41) is 16.7. The standard InChI is InChI=1S/C14H19BrFN3O/c15-12-10(14(17)18)5-6-11(13(12)16)19(7-8-20)9-3-1-2-4-9/h5-6,9,20H,1-4,7-8H2,(H3,17,18). The Bertz CT molecular complexity index is 503. The summed E-state index contributed by atoms with van der Waals surface area (Å²) in [5.74, 6) is -0.588. The quantitative estimate of drug-likeness (QED) is 0.568. The van der Waals surface area contributed by atoms with E-state index in [1.165, 1.54) is 0 Å². The van der Waals surface area contributed by atoms with Crippen molar-refractivity contribution in [2.24, 2.45) is 5.73 Å². The van der Waals surface area contributed by atoms with Gasteiger partial charge in [-0.2, -0.15) is 0 Å². The van der Waals surface area contributed by atoms with Gasteiger partial charge in [0.25, 0.3) is 0 Å². The molecule has 1 saturated carbocycles. The Morgan fingerprint density at radius 2 is 2.10 bits per heavy atom. The van der Waals surface area contributed by atoms with Crippen LogP contribution < -0.4 is 10.6 Å². The van der Waals surface area contributed by atoms with Gasteiger partial charge in [-0.1, -0.05) is 12.8 Å². The van der Waals surface area contributed by atoms with E-state index in [1.807, 2.05) is 4.90 Å². The fourth-order valence-electron chi connectivity index (χ4n) is 2.79. The van der Waals surface area contributed by atoms with Crippen molar-refractivity contribution < 1.29 is 9.50 Å². The van der Waals surface area contributed by atoms with Crippen molar-refractivity contribution in [1.82, 2.24) is 0 Å². The molecule has 0 amide bonds. The Balaban J connectivity index is 2.38. The lowest BCUT2D eigenvalue weighted by Crippen LogP contribution is -2.36. The van der Waals surface area contributed by atoms with Crippen LogP contribution in [0.1, 0.15) is 31.2 Å². The number of aliphatic hydroxyl groups excluding tert-OH is 1. The molecule has 20 heavy (non-hydrogen) atoms. The minimum atomic E-state index is -0.418. The van der Waals surface area contributed by atoms with Gasteiger partial charge in [-0.15, -0.1) is 0 Å². The first-order valence-electron chi connectivity index (χ1n) is 6.76. The van der Waals surface area contributed by atoms with Gasteiger partial charge in [-0.05, 0) is 40.9 Å². The van der Waals surface area contributed by atoms with E-state index >= 15 is 0 Å². The summed E-state index contributed by atoms with van der Waals surface area (Å²) in [4.78, 5) is 1.93. The molecule has 2 rings (SSSR count). The maximum atomic E-state index is 14.5. The van der Waals surface area contributed by atoms with Crippen LogP contribution >= 0.6 is 15.9 Å².